The molecule has 0 radical (unpaired) electrons. The third-order valence-corrected chi connectivity index (χ3v) is 5.67. The van der Waals surface area contributed by atoms with Crippen LogP contribution in [0.5, 0.6) is 5.75 Å². The fraction of sp³-hybridized carbons (Fsp3) is 0.174. The van der Waals surface area contributed by atoms with Crippen molar-refractivity contribution in [2.24, 2.45) is 0 Å². The summed E-state index contributed by atoms with van der Waals surface area (Å²) in [6.45, 7) is 3.82. The number of H-pyrrole nitrogens is 1. The molecule has 0 aliphatic carbocycles. The van der Waals surface area contributed by atoms with Gasteiger partial charge in [-0.05, 0) is 49.7 Å². The van der Waals surface area contributed by atoms with Crippen LogP contribution in [0.4, 0.5) is 5.69 Å². The van der Waals surface area contributed by atoms with Crippen molar-refractivity contribution < 1.29 is 9.53 Å². The van der Waals surface area contributed by atoms with Crippen molar-refractivity contribution in [1.82, 2.24) is 14.5 Å². The van der Waals surface area contributed by atoms with E-state index in [9.17, 15) is 9.59 Å². The van der Waals surface area contributed by atoms with Gasteiger partial charge in [0, 0.05) is 5.69 Å². The Labute approximate surface area is 183 Å². The van der Waals surface area contributed by atoms with Gasteiger partial charge in [0.1, 0.15) is 11.3 Å². The first-order valence-corrected chi connectivity index (χ1v) is 10.7. The molecule has 4 rings (SSSR count). The van der Waals surface area contributed by atoms with Crippen LogP contribution >= 0.6 is 11.8 Å². The lowest BCUT2D eigenvalue weighted by Gasteiger charge is -2.13. The molecule has 8 heteroatoms. The first-order valence-electron chi connectivity index (χ1n) is 9.71. The monoisotopic (exact) mass is 434 g/mol. The Kier molecular flexibility index (Phi) is 5.81. The van der Waals surface area contributed by atoms with Crippen LogP contribution < -0.4 is 15.6 Å². The SMILES string of the molecule is COc1ccc(C)cc1NC(=O)CSc1nc2cc(C)[nH]c2c(=O)n1-c1ccccc1. The number of nitrogens with zero attached hydrogens (tertiary/aromatic N) is 2. The van der Waals surface area contributed by atoms with Gasteiger partial charge in [-0.15, -0.1) is 0 Å². The highest BCUT2D eigenvalue weighted by atomic mass is 32.2. The van der Waals surface area contributed by atoms with Crippen LogP contribution in [0.25, 0.3) is 16.7 Å². The Balaban J connectivity index is 1.64. The summed E-state index contributed by atoms with van der Waals surface area (Å²) in [4.78, 5) is 33.6. The molecule has 2 aromatic heterocycles. The van der Waals surface area contributed by atoms with E-state index in [-0.39, 0.29) is 17.2 Å². The number of nitrogens with one attached hydrogen (secondary N) is 2. The molecule has 0 aliphatic heterocycles. The predicted molar refractivity (Wildman–Crippen MR) is 124 cm³/mol. The second-order valence-corrected chi connectivity index (χ2v) is 8.07. The number of aromatic nitrogens is 3. The van der Waals surface area contributed by atoms with Crippen molar-refractivity contribution in [2.75, 3.05) is 18.2 Å². The quantitative estimate of drug-likeness (QED) is 0.353. The van der Waals surface area contributed by atoms with E-state index in [1.165, 1.54) is 16.3 Å². The van der Waals surface area contributed by atoms with Gasteiger partial charge >= 0.3 is 0 Å². The lowest BCUT2D eigenvalue weighted by molar-refractivity contribution is -0.113. The maximum Gasteiger partial charge on any atom is 0.283 e. The molecule has 158 valence electrons. The van der Waals surface area contributed by atoms with Crippen LogP contribution in [0, 0.1) is 13.8 Å². The second kappa shape index (κ2) is 8.69. The molecule has 1 amide bonds. The average molecular weight is 435 g/mol. The zero-order chi connectivity index (χ0) is 22.0. The number of fused-ring (bicyclic) bond motifs is 1. The molecule has 0 aliphatic rings. The fourth-order valence-electron chi connectivity index (χ4n) is 3.31. The lowest BCUT2D eigenvalue weighted by Crippen LogP contribution is -2.23. The number of hydrogen-bond acceptors (Lipinski definition) is 5. The van der Waals surface area contributed by atoms with Gasteiger partial charge in [0.25, 0.3) is 5.56 Å². The normalized spacial score (nSPS) is 10.9. The highest BCUT2D eigenvalue weighted by molar-refractivity contribution is 7.99. The van der Waals surface area contributed by atoms with Gasteiger partial charge in [-0.1, -0.05) is 36.0 Å². The third kappa shape index (κ3) is 4.34. The number of anilines is 1. The number of carbonyl (C=O) groups excluding carboxylic acids is 1. The number of rotatable bonds is 6. The summed E-state index contributed by atoms with van der Waals surface area (Å²) in [6.07, 6.45) is 0. The minimum atomic E-state index is -0.215. The van der Waals surface area contributed by atoms with E-state index >= 15 is 0 Å². The second-order valence-electron chi connectivity index (χ2n) is 7.12. The number of amides is 1. The third-order valence-electron chi connectivity index (χ3n) is 4.73. The number of aryl methyl sites for hydroxylation is 2. The van der Waals surface area contributed by atoms with Crippen molar-refractivity contribution in [3.63, 3.8) is 0 Å². The van der Waals surface area contributed by atoms with E-state index in [0.29, 0.717) is 33.3 Å². The van der Waals surface area contributed by atoms with Crippen LogP contribution in [0.1, 0.15) is 11.3 Å². The standard InChI is InChI=1S/C23H22N4O3S/c1-14-9-10-19(30-3)17(11-14)25-20(28)13-31-23-26-18-12-15(2)24-21(18)22(29)27(23)16-7-5-4-6-8-16/h4-12,24H,13H2,1-3H3,(H,25,28). The molecule has 0 fully saturated rings. The van der Waals surface area contributed by atoms with Crippen LogP contribution in [0.15, 0.2) is 64.5 Å². The van der Waals surface area contributed by atoms with Gasteiger partial charge in [-0.25, -0.2) is 4.98 Å². The summed E-state index contributed by atoms with van der Waals surface area (Å²) >= 11 is 1.21. The van der Waals surface area contributed by atoms with E-state index in [1.807, 2.05) is 68.4 Å². The number of benzene rings is 2. The van der Waals surface area contributed by atoms with Gasteiger partial charge in [-0.3, -0.25) is 14.2 Å². The van der Waals surface area contributed by atoms with Gasteiger partial charge < -0.3 is 15.0 Å². The topological polar surface area (TPSA) is 89.0 Å². The number of carbonyl (C=O) groups is 1. The first-order chi connectivity index (χ1) is 15.0. The van der Waals surface area contributed by atoms with Crippen molar-refractivity contribution in [1.29, 1.82) is 0 Å². The van der Waals surface area contributed by atoms with Gasteiger partial charge in [-0.2, -0.15) is 0 Å². The van der Waals surface area contributed by atoms with Crippen LogP contribution in [-0.4, -0.2) is 33.3 Å². The molecule has 0 unspecified atom stereocenters. The largest absolute Gasteiger partial charge is 0.495 e. The summed E-state index contributed by atoms with van der Waals surface area (Å²) in [5, 5.41) is 3.33. The predicted octanol–water partition coefficient (Wildman–Crippen LogP) is 4.07. The summed E-state index contributed by atoms with van der Waals surface area (Å²) in [6, 6.07) is 16.7. The molecule has 0 saturated heterocycles. The Morgan fingerprint density at radius 1 is 1.16 bits per heavy atom. The highest BCUT2D eigenvalue weighted by Crippen LogP contribution is 2.26. The van der Waals surface area contributed by atoms with Gasteiger partial charge in [0.05, 0.1) is 29.8 Å². The molecule has 2 N–H and O–H groups in total. The summed E-state index contributed by atoms with van der Waals surface area (Å²) in [5.74, 6) is 0.464. The maximum absolute atomic E-state index is 13.2. The van der Waals surface area contributed by atoms with Crippen LogP contribution in [0.3, 0.4) is 0 Å². The maximum atomic E-state index is 13.2. The molecule has 7 nitrogen and oxygen atoms in total. The Hall–Kier alpha value is -3.52. The molecule has 31 heavy (non-hydrogen) atoms. The molecule has 2 heterocycles. The van der Waals surface area contributed by atoms with E-state index in [1.54, 1.807) is 7.11 Å². The summed E-state index contributed by atoms with van der Waals surface area (Å²) in [5.41, 5.74) is 3.99. The number of thioether (sulfide) groups is 1. The number of para-hydroxylation sites is 1. The molecule has 2 aromatic carbocycles. The zero-order valence-corrected chi connectivity index (χ0v) is 18.2. The van der Waals surface area contributed by atoms with E-state index in [2.05, 4.69) is 15.3 Å². The van der Waals surface area contributed by atoms with Crippen LogP contribution in [0.2, 0.25) is 0 Å². The Bertz CT molecular complexity index is 1310. The molecule has 0 saturated carbocycles. The lowest BCUT2D eigenvalue weighted by atomic mass is 10.2. The number of methoxy groups -OCH3 is 1. The molecule has 0 bridgehead atoms. The summed E-state index contributed by atoms with van der Waals surface area (Å²) < 4.78 is 6.86. The smallest absolute Gasteiger partial charge is 0.283 e. The minimum absolute atomic E-state index is 0.0886. The van der Waals surface area contributed by atoms with Crippen molar-refractivity contribution in [2.45, 2.75) is 19.0 Å². The van der Waals surface area contributed by atoms with Gasteiger partial charge in [0.2, 0.25) is 5.91 Å². The molecule has 4 aromatic rings. The van der Waals surface area contributed by atoms with E-state index < -0.39 is 0 Å². The molecule has 0 spiro atoms. The average Bonchev–Trinajstić information content (AvgIpc) is 3.14. The first kappa shape index (κ1) is 20.7. The molecule has 0 atom stereocenters. The Morgan fingerprint density at radius 3 is 2.68 bits per heavy atom. The fourth-order valence-corrected chi connectivity index (χ4v) is 4.13. The number of aromatic amines is 1. The van der Waals surface area contributed by atoms with Gasteiger partial charge in [0.15, 0.2) is 5.16 Å². The summed E-state index contributed by atoms with van der Waals surface area (Å²) in [7, 11) is 1.56. The molecular formula is C23H22N4O3S. The van der Waals surface area contributed by atoms with Crippen molar-refractivity contribution >= 4 is 34.4 Å². The number of ether oxygens (including phenoxy) is 1. The van der Waals surface area contributed by atoms with Crippen molar-refractivity contribution in [3.05, 3.63) is 76.2 Å². The Morgan fingerprint density at radius 2 is 1.94 bits per heavy atom. The van der Waals surface area contributed by atoms with E-state index in [0.717, 1.165) is 11.3 Å². The highest BCUT2D eigenvalue weighted by Gasteiger charge is 2.17. The van der Waals surface area contributed by atoms with Crippen molar-refractivity contribution in [3.8, 4) is 11.4 Å². The number of hydrogen-bond donors (Lipinski definition) is 2. The zero-order valence-electron chi connectivity index (χ0n) is 17.4. The van der Waals surface area contributed by atoms with E-state index in [4.69, 9.17) is 4.74 Å². The minimum Gasteiger partial charge on any atom is -0.495 e. The molecular weight excluding hydrogens is 412 g/mol. The van der Waals surface area contributed by atoms with Crippen LogP contribution in [-0.2, 0) is 4.79 Å².